The molecule has 1 aromatic heterocycles. The predicted octanol–water partition coefficient (Wildman–Crippen LogP) is 2.08. The van der Waals surface area contributed by atoms with Gasteiger partial charge in [-0.25, -0.2) is 13.2 Å². The maximum atomic E-state index is 13.3. The van der Waals surface area contributed by atoms with Gasteiger partial charge in [-0.05, 0) is 0 Å². The highest BCUT2D eigenvalue weighted by atomic mass is 32.1. The highest BCUT2D eigenvalue weighted by Crippen LogP contribution is 2.29. The van der Waals surface area contributed by atoms with E-state index in [4.69, 9.17) is 5.73 Å². The van der Waals surface area contributed by atoms with Crippen LogP contribution in [0, 0.1) is 17.5 Å². The first kappa shape index (κ1) is 11.0. The average molecular weight is 245 g/mol. The SMILES string of the molecule is NCc1nnc(-c2c(F)cc(F)cc2F)s1. The summed E-state index contributed by atoms with van der Waals surface area (Å²) in [4.78, 5) is 0. The molecule has 0 aliphatic carbocycles. The van der Waals surface area contributed by atoms with Gasteiger partial charge in [-0.2, -0.15) is 0 Å². The maximum Gasteiger partial charge on any atom is 0.153 e. The normalized spacial score (nSPS) is 10.8. The van der Waals surface area contributed by atoms with E-state index in [0.29, 0.717) is 17.1 Å². The molecular weight excluding hydrogens is 239 g/mol. The van der Waals surface area contributed by atoms with Crippen molar-refractivity contribution in [2.75, 3.05) is 0 Å². The number of rotatable bonds is 2. The third-order valence-electron chi connectivity index (χ3n) is 1.86. The second-order valence-electron chi connectivity index (χ2n) is 2.95. The van der Waals surface area contributed by atoms with E-state index in [1.54, 1.807) is 0 Å². The fourth-order valence-corrected chi connectivity index (χ4v) is 1.95. The topological polar surface area (TPSA) is 51.8 Å². The maximum absolute atomic E-state index is 13.3. The van der Waals surface area contributed by atoms with Crippen molar-refractivity contribution in [2.45, 2.75) is 6.54 Å². The van der Waals surface area contributed by atoms with Gasteiger partial charge in [0.15, 0.2) is 5.01 Å². The Balaban J connectivity index is 2.55. The Morgan fingerprint density at radius 1 is 1.12 bits per heavy atom. The van der Waals surface area contributed by atoms with E-state index in [2.05, 4.69) is 10.2 Å². The largest absolute Gasteiger partial charge is 0.324 e. The number of aromatic nitrogens is 2. The van der Waals surface area contributed by atoms with Gasteiger partial charge in [-0.15, -0.1) is 10.2 Å². The van der Waals surface area contributed by atoms with Crippen molar-refractivity contribution in [2.24, 2.45) is 5.73 Å². The Kier molecular flexibility index (Phi) is 2.88. The van der Waals surface area contributed by atoms with Gasteiger partial charge >= 0.3 is 0 Å². The fraction of sp³-hybridized carbons (Fsp3) is 0.111. The molecule has 0 unspecified atom stereocenters. The quantitative estimate of drug-likeness (QED) is 0.881. The summed E-state index contributed by atoms with van der Waals surface area (Å²) in [5.41, 5.74) is 4.93. The van der Waals surface area contributed by atoms with Crippen molar-refractivity contribution >= 4 is 11.3 Å². The first-order valence-electron chi connectivity index (χ1n) is 4.29. The Morgan fingerprint density at radius 3 is 2.25 bits per heavy atom. The second kappa shape index (κ2) is 4.18. The molecule has 0 radical (unpaired) electrons. The lowest BCUT2D eigenvalue weighted by Crippen LogP contribution is -1.94. The molecule has 1 aromatic carbocycles. The van der Waals surface area contributed by atoms with Crippen LogP contribution < -0.4 is 5.73 Å². The molecule has 2 aromatic rings. The van der Waals surface area contributed by atoms with Crippen LogP contribution in [0.25, 0.3) is 10.6 Å². The molecule has 0 aliphatic heterocycles. The summed E-state index contributed by atoms with van der Waals surface area (Å²) >= 11 is 0.970. The highest BCUT2D eigenvalue weighted by Gasteiger charge is 2.17. The van der Waals surface area contributed by atoms with E-state index in [-0.39, 0.29) is 17.1 Å². The number of halogens is 3. The minimum Gasteiger partial charge on any atom is -0.324 e. The summed E-state index contributed by atoms with van der Waals surface area (Å²) in [6.07, 6.45) is 0. The van der Waals surface area contributed by atoms with Gasteiger partial charge in [-0.1, -0.05) is 11.3 Å². The van der Waals surface area contributed by atoms with Crippen LogP contribution in [0.1, 0.15) is 5.01 Å². The van der Waals surface area contributed by atoms with Crippen LogP contribution in [0.2, 0.25) is 0 Å². The third-order valence-corrected chi connectivity index (χ3v) is 2.83. The zero-order valence-electron chi connectivity index (χ0n) is 7.88. The summed E-state index contributed by atoms with van der Waals surface area (Å²) in [5, 5.41) is 7.73. The summed E-state index contributed by atoms with van der Waals surface area (Å²) < 4.78 is 39.3. The van der Waals surface area contributed by atoms with Crippen LogP contribution in [0.15, 0.2) is 12.1 Å². The van der Waals surface area contributed by atoms with Gasteiger partial charge in [0.1, 0.15) is 22.5 Å². The molecule has 0 saturated heterocycles. The summed E-state index contributed by atoms with van der Waals surface area (Å²) in [5.74, 6) is -2.98. The lowest BCUT2D eigenvalue weighted by Gasteiger charge is -2.00. The fourth-order valence-electron chi connectivity index (χ4n) is 1.18. The summed E-state index contributed by atoms with van der Waals surface area (Å²) in [7, 11) is 0. The van der Waals surface area contributed by atoms with Crippen molar-refractivity contribution < 1.29 is 13.2 Å². The molecule has 0 atom stereocenters. The van der Waals surface area contributed by atoms with Gasteiger partial charge in [0.25, 0.3) is 0 Å². The van der Waals surface area contributed by atoms with Gasteiger partial charge in [-0.3, -0.25) is 0 Å². The first-order chi connectivity index (χ1) is 7.61. The van der Waals surface area contributed by atoms with Crippen molar-refractivity contribution in [1.29, 1.82) is 0 Å². The standard InChI is InChI=1S/C9H6F3N3S/c10-4-1-5(11)8(6(12)2-4)9-15-14-7(3-13)16-9/h1-2H,3,13H2. The molecule has 0 fully saturated rings. The molecule has 7 heteroatoms. The monoisotopic (exact) mass is 245 g/mol. The predicted molar refractivity (Wildman–Crippen MR) is 53.1 cm³/mol. The van der Waals surface area contributed by atoms with Crippen molar-refractivity contribution in [3.63, 3.8) is 0 Å². The molecule has 0 aliphatic rings. The minimum absolute atomic E-state index is 0.0513. The molecule has 3 nitrogen and oxygen atoms in total. The lowest BCUT2D eigenvalue weighted by atomic mass is 10.2. The van der Waals surface area contributed by atoms with Crippen LogP contribution in [0.5, 0.6) is 0 Å². The Bertz CT molecular complexity index is 503. The average Bonchev–Trinajstić information content (AvgIpc) is 2.64. The number of nitrogens with two attached hydrogens (primary N) is 1. The zero-order valence-corrected chi connectivity index (χ0v) is 8.69. The third kappa shape index (κ3) is 1.91. The first-order valence-corrected chi connectivity index (χ1v) is 5.11. The van der Waals surface area contributed by atoms with Gasteiger partial charge in [0, 0.05) is 18.7 Å². The number of hydrogen-bond donors (Lipinski definition) is 1. The molecule has 0 spiro atoms. The Hall–Kier alpha value is -1.47. The van der Waals surface area contributed by atoms with Crippen molar-refractivity contribution in [3.05, 3.63) is 34.6 Å². The van der Waals surface area contributed by atoms with Gasteiger partial charge in [0.05, 0.1) is 5.56 Å². The van der Waals surface area contributed by atoms with E-state index < -0.39 is 17.5 Å². The number of hydrogen-bond acceptors (Lipinski definition) is 4. The molecule has 0 amide bonds. The van der Waals surface area contributed by atoms with Gasteiger partial charge < -0.3 is 5.73 Å². The van der Waals surface area contributed by atoms with E-state index in [0.717, 1.165) is 11.3 Å². The number of benzene rings is 1. The minimum atomic E-state index is -1.00. The van der Waals surface area contributed by atoms with Crippen LogP contribution in [-0.4, -0.2) is 10.2 Å². The molecular formula is C9H6F3N3S. The van der Waals surface area contributed by atoms with E-state index >= 15 is 0 Å². The van der Waals surface area contributed by atoms with Crippen molar-refractivity contribution in [3.8, 4) is 10.6 Å². The molecule has 16 heavy (non-hydrogen) atoms. The number of nitrogens with zero attached hydrogens (tertiary/aromatic N) is 2. The van der Waals surface area contributed by atoms with Crippen LogP contribution >= 0.6 is 11.3 Å². The molecule has 2 N–H and O–H groups in total. The van der Waals surface area contributed by atoms with Crippen LogP contribution in [0.3, 0.4) is 0 Å². The molecule has 84 valence electrons. The summed E-state index contributed by atoms with van der Waals surface area (Å²) in [6.45, 7) is 0.141. The molecule has 1 heterocycles. The molecule has 0 saturated carbocycles. The van der Waals surface area contributed by atoms with E-state index in [1.807, 2.05) is 0 Å². The van der Waals surface area contributed by atoms with Gasteiger partial charge in [0.2, 0.25) is 0 Å². The lowest BCUT2D eigenvalue weighted by molar-refractivity contribution is 0.547. The molecule has 2 rings (SSSR count). The summed E-state index contributed by atoms with van der Waals surface area (Å²) in [6, 6.07) is 1.20. The van der Waals surface area contributed by atoms with Crippen molar-refractivity contribution in [1.82, 2.24) is 10.2 Å². The second-order valence-corrected chi connectivity index (χ2v) is 4.01. The van der Waals surface area contributed by atoms with Crippen LogP contribution in [0.4, 0.5) is 13.2 Å². The highest BCUT2D eigenvalue weighted by molar-refractivity contribution is 7.14. The van der Waals surface area contributed by atoms with E-state index in [9.17, 15) is 13.2 Å². The molecule has 0 bridgehead atoms. The smallest absolute Gasteiger partial charge is 0.153 e. The Morgan fingerprint density at radius 2 is 1.75 bits per heavy atom. The van der Waals surface area contributed by atoms with E-state index in [1.165, 1.54) is 0 Å². The zero-order chi connectivity index (χ0) is 11.7. The van der Waals surface area contributed by atoms with Crippen LogP contribution in [-0.2, 0) is 6.54 Å². The Labute approximate surface area is 92.7 Å².